The van der Waals surface area contributed by atoms with Gasteiger partial charge in [0.25, 0.3) is 0 Å². The third-order valence-electron chi connectivity index (χ3n) is 4.69. The molecule has 0 bridgehead atoms. The van der Waals surface area contributed by atoms with E-state index in [1.54, 1.807) is 24.6 Å². The topological polar surface area (TPSA) is 55.7 Å². The number of aryl methyl sites for hydroxylation is 1. The van der Waals surface area contributed by atoms with E-state index < -0.39 is 0 Å². The van der Waals surface area contributed by atoms with Crippen LogP contribution in [0.25, 0.3) is 43.6 Å². The van der Waals surface area contributed by atoms with Gasteiger partial charge in [-0.2, -0.15) is 0 Å². The lowest BCUT2D eigenvalue weighted by Gasteiger charge is -2.01. The molecule has 4 aromatic heterocycles. The minimum absolute atomic E-state index is 0.851. The molecule has 4 heterocycles. The molecule has 0 aliphatic carbocycles. The average molecular weight is 360 g/mol. The summed E-state index contributed by atoms with van der Waals surface area (Å²) < 4.78 is 7.52. The van der Waals surface area contributed by atoms with Crippen LogP contribution in [0.15, 0.2) is 54.4 Å². The van der Waals surface area contributed by atoms with Crippen molar-refractivity contribution in [3.05, 3.63) is 54.4 Å². The van der Waals surface area contributed by atoms with Crippen LogP contribution in [0.5, 0.6) is 5.75 Å². The molecular weight excluding hydrogens is 344 g/mol. The molecule has 6 heteroatoms. The van der Waals surface area contributed by atoms with E-state index in [-0.39, 0.29) is 0 Å². The zero-order valence-corrected chi connectivity index (χ0v) is 15.2. The summed E-state index contributed by atoms with van der Waals surface area (Å²) in [7, 11) is 3.74. The molecule has 1 N–H and O–H groups in total. The lowest BCUT2D eigenvalue weighted by atomic mass is 10.1. The van der Waals surface area contributed by atoms with Crippen molar-refractivity contribution >= 4 is 33.1 Å². The third kappa shape index (κ3) is 2.23. The highest BCUT2D eigenvalue weighted by molar-refractivity contribution is 7.13. The standard InChI is InChI=1S/C20H16N4OS/c1-24-10-16(13-7-12(25-2)3-4-19(13)24)20-23-18(11-26-20)15-9-22-17-5-6-21-8-14(15)17/h3-11,22H,1-2H3. The Hall–Kier alpha value is -3.12. The summed E-state index contributed by atoms with van der Waals surface area (Å²) >= 11 is 1.65. The Labute approximate surface area is 153 Å². The Bertz CT molecular complexity index is 1250. The van der Waals surface area contributed by atoms with Crippen LogP contribution in [0.1, 0.15) is 0 Å². The Morgan fingerprint density at radius 1 is 1.15 bits per heavy atom. The Balaban J connectivity index is 1.66. The molecule has 5 rings (SSSR count). The van der Waals surface area contributed by atoms with Crippen molar-refractivity contribution in [3.63, 3.8) is 0 Å². The van der Waals surface area contributed by atoms with E-state index in [1.807, 2.05) is 24.5 Å². The SMILES string of the molecule is COc1ccc2c(c1)c(-c1nc(-c3c[nH]c4ccncc34)cs1)cn2C. The fourth-order valence-corrected chi connectivity index (χ4v) is 4.21. The minimum atomic E-state index is 0.851. The van der Waals surface area contributed by atoms with E-state index in [0.29, 0.717) is 0 Å². The lowest BCUT2D eigenvalue weighted by Crippen LogP contribution is -1.84. The number of aromatic nitrogens is 4. The number of thiazole rings is 1. The Morgan fingerprint density at radius 3 is 2.96 bits per heavy atom. The monoisotopic (exact) mass is 360 g/mol. The van der Waals surface area contributed by atoms with Crippen molar-refractivity contribution in [1.82, 2.24) is 19.5 Å². The number of ether oxygens (including phenoxy) is 1. The maximum atomic E-state index is 5.40. The number of nitrogens with one attached hydrogen (secondary N) is 1. The average Bonchev–Trinajstić information content (AvgIpc) is 3.38. The smallest absolute Gasteiger partial charge is 0.126 e. The van der Waals surface area contributed by atoms with Crippen LogP contribution in [0.3, 0.4) is 0 Å². The maximum Gasteiger partial charge on any atom is 0.126 e. The number of pyridine rings is 1. The quantitative estimate of drug-likeness (QED) is 0.500. The van der Waals surface area contributed by atoms with E-state index in [2.05, 4.69) is 45.3 Å². The Morgan fingerprint density at radius 2 is 2.08 bits per heavy atom. The van der Waals surface area contributed by atoms with Crippen LogP contribution in [-0.4, -0.2) is 26.6 Å². The number of H-pyrrole nitrogens is 1. The van der Waals surface area contributed by atoms with Crippen LogP contribution in [0.2, 0.25) is 0 Å². The van der Waals surface area contributed by atoms with Gasteiger partial charge in [0.15, 0.2) is 0 Å². The number of aromatic amines is 1. The molecule has 5 nitrogen and oxygen atoms in total. The highest BCUT2D eigenvalue weighted by Crippen LogP contribution is 2.37. The van der Waals surface area contributed by atoms with E-state index >= 15 is 0 Å². The van der Waals surface area contributed by atoms with E-state index in [4.69, 9.17) is 9.72 Å². The number of rotatable bonds is 3. The number of benzene rings is 1. The number of methoxy groups -OCH3 is 1. The zero-order valence-electron chi connectivity index (χ0n) is 14.4. The fraction of sp³-hybridized carbons (Fsp3) is 0.100. The normalized spacial score (nSPS) is 11.5. The van der Waals surface area contributed by atoms with Crippen molar-refractivity contribution in [1.29, 1.82) is 0 Å². The number of fused-ring (bicyclic) bond motifs is 2. The van der Waals surface area contributed by atoms with E-state index in [1.165, 1.54) is 0 Å². The number of hydrogen-bond donors (Lipinski definition) is 1. The van der Waals surface area contributed by atoms with Gasteiger partial charge in [-0.15, -0.1) is 11.3 Å². The summed E-state index contributed by atoms with van der Waals surface area (Å²) in [5.41, 5.74) is 5.39. The first-order valence-corrected chi connectivity index (χ1v) is 9.13. The molecule has 0 saturated heterocycles. The van der Waals surface area contributed by atoms with Crippen molar-refractivity contribution in [2.45, 2.75) is 0 Å². The minimum Gasteiger partial charge on any atom is -0.497 e. The molecule has 26 heavy (non-hydrogen) atoms. The molecular formula is C20H16N4OS. The molecule has 0 aliphatic heterocycles. The molecule has 0 radical (unpaired) electrons. The van der Waals surface area contributed by atoms with Gasteiger partial charge in [-0.1, -0.05) is 0 Å². The molecule has 0 atom stereocenters. The van der Waals surface area contributed by atoms with Gasteiger partial charge in [0.1, 0.15) is 10.8 Å². The maximum absolute atomic E-state index is 5.40. The van der Waals surface area contributed by atoms with Crippen LogP contribution in [0.4, 0.5) is 0 Å². The second-order valence-electron chi connectivity index (χ2n) is 6.20. The molecule has 0 amide bonds. The van der Waals surface area contributed by atoms with Crippen molar-refractivity contribution in [2.75, 3.05) is 7.11 Å². The van der Waals surface area contributed by atoms with Gasteiger partial charge in [-0.25, -0.2) is 4.98 Å². The predicted octanol–water partition coefficient (Wildman–Crippen LogP) is 4.85. The fourth-order valence-electron chi connectivity index (χ4n) is 3.36. The van der Waals surface area contributed by atoms with Gasteiger partial charge in [0.2, 0.25) is 0 Å². The molecule has 128 valence electrons. The molecule has 0 spiro atoms. The zero-order chi connectivity index (χ0) is 17.7. The molecule has 0 saturated carbocycles. The lowest BCUT2D eigenvalue weighted by molar-refractivity contribution is 0.415. The van der Waals surface area contributed by atoms with E-state index in [9.17, 15) is 0 Å². The summed E-state index contributed by atoms with van der Waals surface area (Å²) in [5.74, 6) is 0.851. The van der Waals surface area contributed by atoms with Gasteiger partial charge in [0.05, 0.1) is 12.8 Å². The highest BCUT2D eigenvalue weighted by Gasteiger charge is 2.15. The van der Waals surface area contributed by atoms with Gasteiger partial charge in [-0.3, -0.25) is 4.98 Å². The van der Waals surface area contributed by atoms with Crippen molar-refractivity contribution in [3.8, 4) is 27.6 Å². The van der Waals surface area contributed by atoms with E-state index in [0.717, 1.165) is 49.4 Å². The molecule has 1 aromatic carbocycles. The number of nitrogens with zero attached hydrogens (tertiary/aromatic N) is 3. The number of hydrogen-bond acceptors (Lipinski definition) is 4. The molecule has 5 aromatic rings. The van der Waals surface area contributed by atoms with Crippen LogP contribution in [-0.2, 0) is 7.05 Å². The van der Waals surface area contributed by atoms with Crippen molar-refractivity contribution in [2.24, 2.45) is 7.05 Å². The summed E-state index contributed by atoms with van der Waals surface area (Å²) in [5, 5.41) is 5.33. The summed E-state index contributed by atoms with van der Waals surface area (Å²) in [6, 6.07) is 8.11. The summed E-state index contributed by atoms with van der Waals surface area (Å²) in [6.07, 6.45) is 7.79. The first-order valence-electron chi connectivity index (χ1n) is 8.25. The van der Waals surface area contributed by atoms with Gasteiger partial charge in [-0.05, 0) is 24.3 Å². The summed E-state index contributed by atoms with van der Waals surface area (Å²) in [6.45, 7) is 0. The van der Waals surface area contributed by atoms with Crippen LogP contribution < -0.4 is 4.74 Å². The largest absolute Gasteiger partial charge is 0.497 e. The second-order valence-corrected chi connectivity index (χ2v) is 7.06. The first-order chi connectivity index (χ1) is 12.7. The predicted molar refractivity (Wildman–Crippen MR) is 106 cm³/mol. The second kappa shape index (κ2) is 5.71. The van der Waals surface area contributed by atoms with Crippen LogP contribution in [0, 0.1) is 0 Å². The van der Waals surface area contributed by atoms with Gasteiger partial charge < -0.3 is 14.3 Å². The van der Waals surface area contributed by atoms with Crippen molar-refractivity contribution < 1.29 is 4.74 Å². The molecule has 0 fully saturated rings. The Kier molecular flexibility index (Phi) is 3.33. The first kappa shape index (κ1) is 15.2. The van der Waals surface area contributed by atoms with Gasteiger partial charge >= 0.3 is 0 Å². The highest BCUT2D eigenvalue weighted by atomic mass is 32.1. The third-order valence-corrected chi connectivity index (χ3v) is 5.57. The molecule has 0 unspecified atom stereocenters. The van der Waals surface area contributed by atoms with Gasteiger partial charge in [0, 0.05) is 70.1 Å². The molecule has 0 aliphatic rings. The van der Waals surface area contributed by atoms with Crippen LogP contribution >= 0.6 is 11.3 Å². The summed E-state index contributed by atoms with van der Waals surface area (Å²) in [4.78, 5) is 12.4.